The van der Waals surface area contributed by atoms with Crippen molar-refractivity contribution >= 4 is 11.6 Å². The number of piperidine rings is 1. The molecule has 1 atom stereocenters. The number of benzene rings is 1. The smallest absolute Gasteiger partial charge is 0.0453 e. The third kappa shape index (κ3) is 3.44. The lowest BCUT2D eigenvalue weighted by atomic mass is 10.0. The minimum absolute atomic E-state index is 0.331. The van der Waals surface area contributed by atoms with Crippen LogP contribution >= 0.6 is 11.6 Å². The summed E-state index contributed by atoms with van der Waals surface area (Å²) in [6.07, 6.45) is 2.45. The molecule has 2 rings (SSSR count). The van der Waals surface area contributed by atoms with E-state index in [1.165, 1.54) is 31.5 Å². The molecule has 1 aromatic carbocycles. The van der Waals surface area contributed by atoms with Gasteiger partial charge in [-0.15, -0.1) is 0 Å². The van der Waals surface area contributed by atoms with Crippen LogP contribution in [-0.2, 0) is 0 Å². The van der Waals surface area contributed by atoms with Crippen molar-refractivity contribution in [3.8, 4) is 0 Å². The maximum atomic E-state index is 6.21. The van der Waals surface area contributed by atoms with Gasteiger partial charge in [-0.25, -0.2) is 0 Å². The Morgan fingerprint density at radius 3 is 2.59 bits per heavy atom. The van der Waals surface area contributed by atoms with Crippen molar-refractivity contribution in [3.05, 3.63) is 34.9 Å². The lowest BCUT2D eigenvalue weighted by molar-refractivity contribution is 0.226. The molecule has 1 saturated heterocycles. The molecule has 17 heavy (non-hydrogen) atoms. The van der Waals surface area contributed by atoms with Crippen molar-refractivity contribution in [3.63, 3.8) is 0 Å². The van der Waals surface area contributed by atoms with Gasteiger partial charge in [-0.3, -0.25) is 0 Å². The quantitative estimate of drug-likeness (QED) is 0.890. The molecule has 94 valence electrons. The van der Waals surface area contributed by atoms with Crippen molar-refractivity contribution in [2.45, 2.75) is 31.8 Å². The fraction of sp³-hybridized carbons (Fsp3) is 0.571. The molecule has 0 bridgehead atoms. The molecule has 1 aliphatic heterocycles. The van der Waals surface area contributed by atoms with Crippen molar-refractivity contribution in [1.29, 1.82) is 0 Å². The van der Waals surface area contributed by atoms with Crippen molar-refractivity contribution in [1.82, 2.24) is 10.2 Å². The fourth-order valence-electron chi connectivity index (χ4n) is 2.44. The van der Waals surface area contributed by atoms with Crippen LogP contribution in [0.5, 0.6) is 0 Å². The van der Waals surface area contributed by atoms with E-state index >= 15 is 0 Å². The highest BCUT2D eigenvalue weighted by Crippen LogP contribution is 2.23. The normalized spacial score (nSPS) is 20.4. The Balaban J connectivity index is 1.93. The maximum absolute atomic E-state index is 6.21. The summed E-state index contributed by atoms with van der Waals surface area (Å²) in [4.78, 5) is 2.39. The van der Waals surface area contributed by atoms with E-state index in [-0.39, 0.29) is 0 Å². The molecule has 1 aromatic rings. The van der Waals surface area contributed by atoms with Gasteiger partial charge in [-0.2, -0.15) is 0 Å². The van der Waals surface area contributed by atoms with Crippen LogP contribution in [0.25, 0.3) is 0 Å². The Kier molecular flexibility index (Phi) is 4.43. The van der Waals surface area contributed by atoms with Gasteiger partial charge in [-0.05, 0) is 51.5 Å². The molecule has 0 radical (unpaired) electrons. The van der Waals surface area contributed by atoms with E-state index in [0.717, 1.165) is 5.02 Å². The molecule has 1 N–H and O–H groups in total. The summed E-state index contributed by atoms with van der Waals surface area (Å²) in [6.45, 7) is 4.57. The number of nitrogens with one attached hydrogen (secondary N) is 1. The van der Waals surface area contributed by atoms with Crippen LogP contribution < -0.4 is 5.32 Å². The zero-order chi connectivity index (χ0) is 12.3. The van der Waals surface area contributed by atoms with Gasteiger partial charge >= 0.3 is 0 Å². The monoisotopic (exact) mass is 252 g/mol. The minimum Gasteiger partial charge on any atom is -0.307 e. The number of nitrogens with zero attached hydrogens (tertiary/aromatic N) is 1. The number of hydrogen-bond acceptors (Lipinski definition) is 2. The molecule has 0 aromatic heterocycles. The van der Waals surface area contributed by atoms with Crippen LogP contribution in [0.4, 0.5) is 0 Å². The molecule has 0 saturated carbocycles. The van der Waals surface area contributed by atoms with E-state index in [1.54, 1.807) is 0 Å². The number of likely N-dealkylation sites (tertiary alicyclic amines) is 1. The van der Waals surface area contributed by atoms with Crippen LogP contribution in [0.1, 0.15) is 31.4 Å². The number of hydrogen-bond donors (Lipinski definition) is 1. The largest absolute Gasteiger partial charge is 0.307 e. The Labute approximate surface area is 109 Å². The van der Waals surface area contributed by atoms with Gasteiger partial charge in [0, 0.05) is 17.1 Å². The highest BCUT2D eigenvalue weighted by molar-refractivity contribution is 6.31. The highest BCUT2D eigenvalue weighted by Gasteiger charge is 2.19. The summed E-state index contributed by atoms with van der Waals surface area (Å²) in [6, 6.07) is 9.05. The molecule has 0 amide bonds. The fourth-order valence-corrected chi connectivity index (χ4v) is 2.74. The predicted octanol–water partition coefficient (Wildman–Crippen LogP) is 3.08. The molecule has 1 heterocycles. The Bertz CT molecular complexity index is 359. The van der Waals surface area contributed by atoms with Gasteiger partial charge in [0.25, 0.3) is 0 Å². The van der Waals surface area contributed by atoms with Crippen molar-refractivity contribution in [2.75, 3.05) is 20.1 Å². The van der Waals surface area contributed by atoms with Crippen LogP contribution in [-0.4, -0.2) is 31.1 Å². The van der Waals surface area contributed by atoms with Crippen LogP contribution in [0.3, 0.4) is 0 Å². The summed E-state index contributed by atoms with van der Waals surface area (Å²) in [5.41, 5.74) is 1.20. The minimum atomic E-state index is 0.331. The van der Waals surface area contributed by atoms with Gasteiger partial charge in [0.05, 0.1) is 0 Å². The molecule has 0 spiro atoms. The Morgan fingerprint density at radius 1 is 1.29 bits per heavy atom. The highest BCUT2D eigenvalue weighted by atomic mass is 35.5. The van der Waals surface area contributed by atoms with E-state index in [4.69, 9.17) is 11.6 Å². The van der Waals surface area contributed by atoms with E-state index in [0.29, 0.717) is 12.1 Å². The lowest BCUT2D eigenvalue weighted by Crippen LogP contribution is -2.41. The molecule has 2 nitrogen and oxygen atoms in total. The molecule has 1 fully saturated rings. The lowest BCUT2D eigenvalue weighted by Gasteiger charge is -2.32. The molecular formula is C14H21ClN2. The van der Waals surface area contributed by atoms with E-state index in [2.05, 4.69) is 30.3 Å². The summed E-state index contributed by atoms with van der Waals surface area (Å²) >= 11 is 6.21. The van der Waals surface area contributed by atoms with Gasteiger partial charge < -0.3 is 10.2 Å². The first-order valence-electron chi connectivity index (χ1n) is 6.36. The average molecular weight is 253 g/mol. The molecule has 1 aliphatic rings. The topological polar surface area (TPSA) is 15.3 Å². The molecule has 0 aliphatic carbocycles. The Hall–Kier alpha value is -0.570. The van der Waals surface area contributed by atoms with Gasteiger partial charge in [0.15, 0.2) is 0 Å². The Morgan fingerprint density at radius 2 is 1.94 bits per heavy atom. The summed E-state index contributed by atoms with van der Waals surface area (Å²) in [7, 11) is 2.19. The molecular weight excluding hydrogens is 232 g/mol. The summed E-state index contributed by atoms with van der Waals surface area (Å²) in [5, 5.41) is 4.55. The molecule has 3 heteroatoms. The van der Waals surface area contributed by atoms with Gasteiger partial charge in [-0.1, -0.05) is 29.8 Å². The first-order valence-corrected chi connectivity index (χ1v) is 6.73. The third-order valence-electron chi connectivity index (χ3n) is 3.58. The first kappa shape index (κ1) is 12.9. The van der Waals surface area contributed by atoms with Crippen molar-refractivity contribution in [2.24, 2.45) is 0 Å². The zero-order valence-electron chi connectivity index (χ0n) is 10.6. The van der Waals surface area contributed by atoms with E-state index in [9.17, 15) is 0 Å². The second-order valence-electron chi connectivity index (χ2n) is 4.99. The average Bonchev–Trinajstić information content (AvgIpc) is 2.32. The second kappa shape index (κ2) is 5.85. The second-order valence-corrected chi connectivity index (χ2v) is 5.39. The van der Waals surface area contributed by atoms with E-state index < -0.39 is 0 Å². The standard InChI is InChI=1S/C14H21ClN2/c1-11(13-5-3-4-6-14(13)15)16-12-7-9-17(2)10-8-12/h3-6,11-12,16H,7-10H2,1-2H3/t11-/m1/s1. The number of halogens is 1. The van der Waals surface area contributed by atoms with Gasteiger partial charge in [0.1, 0.15) is 0 Å². The number of rotatable bonds is 3. The maximum Gasteiger partial charge on any atom is 0.0453 e. The third-order valence-corrected chi connectivity index (χ3v) is 3.92. The predicted molar refractivity (Wildman–Crippen MR) is 73.5 cm³/mol. The SMILES string of the molecule is C[C@@H](NC1CCN(C)CC1)c1ccccc1Cl. The van der Waals surface area contributed by atoms with E-state index in [1.807, 2.05) is 18.2 Å². The van der Waals surface area contributed by atoms with Crippen molar-refractivity contribution < 1.29 is 0 Å². The summed E-state index contributed by atoms with van der Waals surface area (Å²) in [5.74, 6) is 0. The zero-order valence-corrected chi connectivity index (χ0v) is 11.4. The van der Waals surface area contributed by atoms with Gasteiger partial charge in [0.2, 0.25) is 0 Å². The van der Waals surface area contributed by atoms with Crippen LogP contribution in [0.2, 0.25) is 5.02 Å². The van der Waals surface area contributed by atoms with Crippen LogP contribution in [0, 0.1) is 0 Å². The van der Waals surface area contributed by atoms with Crippen LogP contribution in [0.15, 0.2) is 24.3 Å². The summed E-state index contributed by atoms with van der Waals surface area (Å²) < 4.78 is 0. The first-order chi connectivity index (χ1) is 8.16. The molecule has 0 unspecified atom stereocenters.